The summed E-state index contributed by atoms with van der Waals surface area (Å²) in [6.07, 6.45) is 4.77. The van der Waals surface area contributed by atoms with Crippen LogP contribution in [0.4, 0.5) is 0 Å². The topological polar surface area (TPSA) is 52.5 Å². The fraction of sp³-hybridized carbons (Fsp3) is 0.647. The second-order valence-corrected chi connectivity index (χ2v) is 6.26. The zero-order chi connectivity index (χ0) is 14.5. The molecule has 2 rings (SSSR count). The van der Waals surface area contributed by atoms with Crippen LogP contribution in [-0.4, -0.2) is 28.9 Å². The van der Waals surface area contributed by atoms with E-state index in [-0.39, 0.29) is 6.61 Å². The van der Waals surface area contributed by atoms with E-state index in [4.69, 9.17) is 0 Å². The molecule has 2 atom stereocenters. The van der Waals surface area contributed by atoms with E-state index in [0.717, 1.165) is 0 Å². The number of phenols is 1. The SMILES string of the molecule is CC(CO)C(C)NC1CCC(c2ccc(O)cc2)CC1. The van der Waals surface area contributed by atoms with Crippen LogP contribution >= 0.6 is 0 Å². The van der Waals surface area contributed by atoms with Gasteiger partial charge in [0, 0.05) is 18.7 Å². The van der Waals surface area contributed by atoms with Crippen LogP contribution < -0.4 is 5.32 Å². The maximum absolute atomic E-state index is 9.34. The monoisotopic (exact) mass is 277 g/mol. The fourth-order valence-corrected chi connectivity index (χ4v) is 3.03. The van der Waals surface area contributed by atoms with E-state index >= 15 is 0 Å². The first-order chi connectivity index (χ1) is 9.60. The molecule has 1 aromatic carbocycles. The molecule has 1 aliphatic rings. The Balaban J connectivity index is 1.82. The Hall–Kier alpha value is -1.06. The first-order valence-electron chi connectivity index (χ1n) is 7.76. The summed E-state index contributed by atoms with van der Waals surface area (Å²) in [5.41, 5.74) is 1.35. The molecule has 0 spiro atoms. The third-order valence-electron chi connectivity index (χ3n) is 4.73. The molecule has 1 aliphatic carbocycles. The average molecular weight is 277 g/mol. The van der Waals surface area contributed by atoms with Gasteiger partial charge in [0.15, 0.2) is 0 Å². The highest BCUT2D eigenvalue weighted by molar-refractivity contribution is 5.28. The summed E-state index contributed by atoms with van der Waals surface area (Å²) in [5.74, 6) is 1.28. The molecule has 0 aromatic heterocycles. The van der Waals surface area contributed by atoms with Crippen molar-refractivity contribution in [3.8, 4) is 5.75 Å². The van der Waals surface area contributed by atoms with E-state index in [0.29, 0.717) is 29.7 Å². The molecule has 1 aromatic rings. The van der Waals surface area contributed by atoms with Gasteiger partial charge in [-0.2, -0.15) is 0 Å². The van der Waals surface area contributed by atoms with Crippen molar-refractivity contribution in [2.75, 3.05) is 6.61 Å². The van der Waals surface area contributed by atoms with Crippen LogP contribution in [0.3, 0.4) is 0 Å². The lowest BCUT2D eigenvalue weighted by molar-refractivity contribution is 0.192. The van der Waals surface area contributed by atoms with Gasteiger partial charge in [-0.05, 0) is 62.1 Å². The largest absolute Gasteiger partial charge is 0.508 e. The first kappa shape index (κ1) is 15.3. The molecule has 0 amide bonds. The number of nitrogens with one attached hydrogen (secondary N) is 1. The number of benzene rings is 1. The van der Waals surface area contributed by atoms with Crippen LogP contribution in [0.5, 0.6) is 5.75 Å². The number of phenolic OH excluding ortho intramolecular Hbond substituents is 1. The van der Waals surface area contributed by atoms with E-state index in [9.17, 15) is 10.2 Å². The van der Waals surface area contributed by atoms with E-state index in [2.05, 4.69) is 19.2 Å². The molecule has 0 aliphatic heterocycles. The van der Waals surface area contributed by atoms with Crippen molar-refractivity contribution in [1.29, 1.82) is 0 Å². The second kappa shape index (κ2) is 7.09. The lowest BCUT2D eigenvalue weighted by Gasteiger charge is -2.33. The standard InChI is InChI=1S/C17H27NO2/c1-12(11-19)13(2)18-16-7-3-14(4-8-16)15-5-9-17(20)10-6-15/h5-6,9-10,12-14,16,18-20H,3-4,7-8,11H2,1-2H3. The third-order valence-corrected chi connectivity index (χ3v) is 4.73. The predicted octanol–water partition coefficient (Wildman–Crippen LogP) is 3.02. The van der Waals surface area contributed by atoms with Crippen molar-refractivity contribution in [3.63, 3.8) is 0 Å². The molecular formula is C17H27NO2. The minimum atomic E-state index is 0.247. The van der Waals surface area contributed by atoms with Crippen molar-refractivity contribution >= 4 is 0 Å². The van der Waals surface area contributed by atoms with Gasteiger partial charge in [0.05, 0.1) is 0 Å². The van der Waals surface area contributed by atoms with E-state index in [1.807, 2.05) is 12.1 Å². The zero-order valence-electron chi connectivity index (χ0n) is 12.5. The lowest BCUT2D eigenvalue weighted by Crippen LogP contribution is -2.42. The van der Waals surface area contributed by atoms with Gasteiger partial charge in [-0.25, -0.2) is 0 Å². The Labute approximate surface area is 122 Å². The Morgan fingerprint density at radius 2 is 1.70 bits per heavy atom. The van der Waals surface area contributed by atoms with Crippen LogP contribution in [0.1, 0.15) is 51.0 Å². The predicted molar refractivity (Wildman–Crippen MR) is 82.0 cm³/mol. The summed E-state index contributed by atoms with van der Waals surface area (Å²) in [7, 11) is 0. The van der Waals surface area contributed by atoms with Crippen molar-refractivity contribution in [1.82, 2.24) is 5.32 Å². The summed E-state index contributed by atoms with van der Waals surface area (Å²) >= 11 is 0. The number of hydrogen-bond acceptors (Lipinski definition) is 3. The van der Waals surface area contributed by atoms with Crippen molar-refractivity contribution in [3.05, 3.63) is 29.8 Å². The zero-order valence-corrected chi connectivity index (χ0v) is 12.5. The number of aliphatic hydroxyl groups is 1. The number of aromatic hydroxyl groups is 1. The van der Waals surface area contributed by atoms with Gasteiger partial charge in [-0.1, -0.05) is 19.1 Å². The maximum Gasteiger partial charge on any atom is 0.115 e. The van der Waals surface area contributed by atoms with Gasteiger partial charge in [-0.15, -0.1) is 0 Å². The van der Waals surface area contributed by atoms with E-state index in [1.165, 1.54) is 31.2 Å². The smallest absolute Gasteiger partial charge is 0.115 e. The van der Waals surface area contributed by atoms with Crippen LogP contribution in [0.25, 0.3) is 0 Å². The minimum absolute atomic E-state index is 0.247. The molecule has 0 radical (unpaired) electrons. The van der Waals surface area contributed by atoms with Gasteiger partial charge in [-0.3, -0.25) is 0 Å². The molecule has 0 saturated heterocycles. The Morgan fingerprint density at radius 1 is 1.10 bits per heavy atom. The molecule has 3 nitrogen and oxygen atoms in total. The highest BCUT2D eigenvalue weighted by atomic mass is 16.3. The van der Waals surface area contributed by atoms with E-state index < -0.39 is 0 Å². The molecule has 2 unspecified atom stereocenters. The second-order valence-electron chi connectivity index (χ2n) is 6.26. The average Bonchev–Trinajstić information content (AvgIpc) is 2.48. The van der Waals surface area contributed by atoms with Crippen molar-refractivity contribution in [2.24, 2.45) is 5.92 Å². The summed E-state index contributed by atoms with van der Waals surface area (Å²) < 4.78 is 0. The number of aliphatic hydroxyl groups excluding tert-OH is 1. The molecular weight excluding hydrogens is 250 g/mol. The number of rotatable bonds is 5. The summed E-state index contributed by atoms with van der Waals surface area (Å²) in [5, 5.41) is 22.2. The highest BCUT2D eigenvalue weighted by Gasteiger charge is 2.24. The molecule has 0 bridgehead atoms. The molecule has 20 heavy (non-hydrogen) atoms. The summed E-state index contributed by atoms with van der Waals surface area (Å²) in [4.78, 5) is 0. The summed E-state index contributed by atoms with van der Waals surface area (Å²) in [6.45, 7) is 4.49. The van der Waals surface area contributed by atoms with Gasteiger partial charge in [0.25, 0.3) is 0 Å². The van der Waals surface area contributed by atoms with Gasteiger partial charge in [0.1, 0.15) is 5.75 Å². The van der Waals surface area contributed by atoms with Crippen molar-refractivity contribution < 1.29 is 10.2 Å². The van der Waals surface area contributed by atoms with Crippen LogP contribution in [0, 0.1) is 5.92 Å². The molecule has 1 saturated carbocycles. The van der Waals surface area contributed by atoms with Gasteiger partial charge < -0.3 is 15.5 Å². The Bertz CT molecular complexity index is 396. The molecule has 1 fully saturated rings. The summed E-state index contributed by atoms with van der Waals surface area (Å²) in [6, 6.07) is 8.60. The molecule has 3 heteroatoms. The third kappa shape index (κ3) is 3.97. The van der Waals surface area contributed by atoms with Crippen molar-refractivity contribution in [2.45, 2.75) is 57.5 Å². The van der Waals surface area contributed by atoms with Gasteiger partial charge in [0.2, 0.25) is 0 Å². The van der Waals surface area contributed by atoms with Crippen LogP contribution in [-0.2, 0) is 0 Å². The minimum Gasteiger partial charge on any atom is -0.508 e. The molecule has 112 valence electrons. The van der Waals surface area contributed by atoms with Crippen LogP contribution in [0.15, 0.2) is 24.3 Å². The first-order valence-corrected chi connectivity index (χ1v) is 7.76. The Morgan fingerprint density at radius 3 is 2.25 bits per heavy atom. The maximum atomic E-state index is 9.34. The lowest BCUT2D eigenvalue weighted by atomic mass is 9.81. The quantitative estimate of drug-likeness (QED) is 0.775. The normalized spacial score (nSPS) is 26.1. The van der Waals surface area contributed by atoms with Gasteiger partial charge >= 0.3 is 0 Å². The molecule has 0 heterocycles. The Kier molecular flexibility index (Phi) is 5.44. The molecule has 3 N–H and O–H groups in total. The fourth-order valence-electron chi connectivity index (χ4n) is 3.03. The highest BCUT2D eigenvalue weighted by Crippen LogP contribution is 2.33. The van der Waals surface area contributed by atoms with Crippen LogP contribution in [0.2, 0.25) is 0 Å². The number of hydrogen-bond donors (Lipinski definition) is 3. The van der Waals surface area contributed by atoms with E-state index in [1.54, 1.807) is 12.1 Å².